The van der Waals surface area contributed by atoms with E-state index >= 15 is 0 Å². The van der Waals surface area contributed by atoms with Gasteiger partial charge < -0.3 is 9.26 Å². The van der Waals surface area contributed by atoms with Crippen molar-refractivity contribution in [3.63, 3.8) is 0 Å². The number of carbonyl (C=O) groups is 1. The monoisotopic (exact) mass is 235 g/mol. The number of halogens is 1. The summed E-state index contributed by atoms with van der Waals surface area (Å²) < 4.78 is 23.5. The highest BCUT2D eigenvalue weighted by atomic mass is 19.1. The average Bonchev–Trinajstić information content (AvgIpc) is 2.80. The minimum Gasteiger partial charge on any atom is -0.482 e. The Kier molecular flexibility index (Phi) is 3.18. The van der Waals surface area contributed by atoms with Gasteiger partial charge in [-0.05, 0) is 25.1 Å². The molecule has 0 fully saturated rings. The van der Waals surface area contributed by atoms with Gasteiger partial charge in [0.05, 0.1) is 6.20 Å². The molecule has 0 saturated heterocycles. The van der Waals surface area contributed by atoms with Gasteiger partial charge in [0.1, 0.15) is 6.61 Å². The number of ether oxygens (including phenoxy) is 1. The van der Waals surface area contributed by atoms with Crippen molar-refractivity contribution in [3.8, 4) is 5.75 Å². The summed E-state index contributed by atoms with van der Waals surface area (Å²) in [6.45, 7) is 1.47. The Hall–Kier alpha value is -2.17. The molecule has 1 aromatic heterocycles. The first kappa shape index (κ1) is 11.3. The molecule has 88 valence electrons. The zero-order chi connectivity index (χ0) is 12.3. The van der Waals surface area contributed by atoms with E-state index in [0.717, 1.165) is 6.07 Å². The fourth-order valence-electron chi connectivity index (χ4n) is 1.30. The molecule has 5 heteroatoms. The number of rotatable bonds is 4. The molecule has 0 unspecified atom stereocenters. The lowest BCUT2D eigenvalue weighted by Crippen LogP contribution is -1.99. The standard InChI is InChI=1S/C12H10FNO3/c1-8(15)9-2-3-12(11(13)6-9)16-7-10-4-5-14-17-10/h2-6H,7H2,1H3. The molecule has 17 heavy (non-hydrogen) atoms. The third kappa shape index (κ3) is 2.69. The SMILES string of the molecule is CC(=O)c1ccc(OCc2ccno2)c(F)c1. The summed E-state index contributed by atoms with van der Waals surface area (Å²) in [6.07, 6.45) is 1.48. The van der Waals surface area contributed by atoms with Gasteiger partial charge in [0.15, 0.2) is 23.1 Å². The molecule has 2 aromatic rings. The van der Waals surface area contributed by atoms with E-state index in [0.29, 0.717) is 11.3 Å². The van der Waals surface area contributed by atoms with Gasteiger partial charge in [-0.3, -0.25) is 4.79 Å². The van der Waals surface area contributed by atoms with E-state index in [9.17, 15) is 9.18 Å². The molecular weight excluding hydrogens is 225 g/mol. The number of aromatic nitrogens is 1. The topological polar surface area (TPSA) is 52.3 Å². The fraction of sp³-hybridized carbons (Fsp3) is 0.167. The van der Waals surface area contributed by atoms with Gasteiger partial charge in [-0.15, -0.1) is 0 Å². The lowest BCUT2D eigenvalue weighted by atomic mass is 10.1. The van der Waals surface area contributed by atoms with Gasteiger partial charge in [0, 0.05) is 11.6 Å². The van der Waals surface area contributed by atoms with Gasteiger partial charge in [0.2, 0.25) is 0 Å². The van der Waals surface area contributed by atoms with Crippen molar-refractivity contribution in [3.05, 3.63) is 47.6 Å². The Morgan fingerprint density at radius 1 is 1.47 bits per heavy atom. The van der Waals surface area contributed by atoms with Crippen LogP contribution in [0.2, 0.25) is 0 Å². The maximum atomic E-state index is 13.5. The maximum Gasteiger partial charge on any atom is 0.174 e. The van der Waals surface area contributed by atoms with Crippen molar-refractivity contribution in [2.45, 2.75) is 13.5 Å². The van der Waals surface area contributed by atoms with Crippen LogP contribution >= 0.6 is 0 Å². The summed E-state index contributed by atoms with van der Waals surface area (Å²) in [5.74, 6) is -0.186. The summed E-state index contributed by atoms with van der Waals surface area (Å²) in [7, 11) is 0. The minimum atomic E-state index is -0.572. The van der Waals surface area contributed by atoms with Gasteiger partial charge in [-0.25, -0.2) is 4.39 Å². The largest absolute Gasteiger partial charge is 0.482 e. The first-order valence-corrected chi connectivity index (χ1v) is 4.99. The van der Waals surface area contributed by atoms with E-state index < -0.39 is 5.82 Å². The second-order valence-corrected chi connectivity index (χ2v) is 3.47. The first-order chi connectivity index (χ1) is 8.16. The molecule has 0 radical (unpaired) electrons. The van der Waals surface area contributed by atoms with Crippen LogP contribution < -0.4 is 4.74 Å². The van der Waals surface area contributed by atoms with Gasteiger partial charge in [-0.2, -0.15) is 0 Å². The molecule has 2 rings (SSSR count). The Morgan fingerprint density at radius 3 is 2.88 bits per heavy atom. The van der Waals surface area contributed by atoms with Crippen LogP contribution in [0.4, 0.5) is 4.39 Å². The molecule has 0 amide bonds. The number of benzene rings is 1. The highest BCUT2D eigenvalue weighted by molar-refractivity contribution is 5.94. The van der Waals surface area contributed by atoms with Gasteiger partial charge >= 0.3 is 0 Å². The molecule has 0 saturated carbocycles. The molecule has 0 N–H and O–H groups in total. The second kappa shape index (κ2) is 4.78. The summed E-state index contributed by atoms with van der Waals surface area (Å²) in [6, 6.07) is 5.71. The third-order valence-corrected chi connectivity index (χ3v) is 2.20. The summed E-state index contributed by atoms with van der Waals surface area (Å²) in [4.78, 5) is 11.0. The van der Waals surface area contributed by atoms with E-state index in [1.54, 1.807) is 6.07 Å². The molecule has 0 aliphatic rings. The predicted molar refractivity (Wildman–Crippen MR) is 57.2 cm³/mol. The van der Waals surface area contributed by atoms with E-state index in [-0.39, 0.29) is 18.1 Å². The highest BCUT2D eigenvalue weighted by Gasteiger charge is 2.08. The van der Waals surface area contributed by atoms with Crippen LogP contribution in [0.3, 0.4) is 0 Å². The molecule has 4 nitrogen and oxygen atoms in total. The zero-order valence-electron chi connectivity index (χ0n) is 9.14. The molecule has 1 aromatic carbocycles. The molecule has 1 heterocycles. The Balaban J connectivity index is 2.09. The number of hydrogen-bond donors (Lipinski definition) is 0. The molecule has 0 aliphatic carbocycles. The lowest BCUT2D eigenvalue weighted by molar-refractivity contribution is 0.101. The average molecular weight is 235 g/mol. The van der Waals surface area contributed by atoms with Crippen LogP contribution in [-0.4, -0.2) is 10.9 Å². The number of nitrogens with zero attached hydrogens (tertiary/aromatic N) is 1. The quantitative estimate of drug-likeness (QED) is 0.764. The zero-order valence-corrected chi connectivity index (χ0v) is 9.14. The van der Waals surface area contributed by atoms with Crippen LogP contribution in [-0.2, 0) is 6.61 Å². The van der Waals surface area contributed by atoms with Crippen LogP contribution in [0.5, 0.6) is 5.75 Å². The molecule has 0 atom stereocenters. The lowest BCUT2D eigenvalue weighted by Gasteiger charge is -2.05. The van der Waals surface area contributed by atoms with Crippen LogP contribution in [0.1, 0.15) is 23.0 Å². The minimum absolute atomic E-state index is 0.0754. The van der Waals surface area contributed by atoms with Crippen molar-refractivity contribution >= 4 is 5.78 Å². The second-order valence-electron chi connectivity index (χ2n) is 3.47. The highest BCUT2D eigenvalue weighted by Crippen LogP contribution is 2.19. The normalized spacial score (nSPS) is 10.2. The Labute approximate surface area is 97.0 Å². The van der Waals surface area contributed by atoms with Gasteiger partial charge in [0.25, 0.3) is 0 Å². The predicted octanol–water partition coefficient (Wildman–Crippen LogP) is 2.60. The van der Waals surface area contributed by atoms with Crippen molar-refractivity contribution in [1.82, 2.24) is 5.16 Å². The van der Waals surface area contributed by atoms with Crippen molar-refractivity contribution < 1.29 is 18.4 Å². The van der Waals surface area contributed by atoms with E-state index in [2.05, 4.69) is 5.16 Å². The summed E-state index contributed by atoms with van der Waals surface area (Å²) in [5.41, 5.74) is 0.314. The van der Waals surface area contributed by atoms with Crippen molar-refractivity contribution in [2.75, 3.05) is 0 Å². The smallest absolute Gasteiger partial charge is 0.174 e. The summed E-state index contributed by atoms with van der Waals surface area (Å²) in [5, 5.41) is 3.50. The maximum absolute atomic E-state index is 13.5. The van der Waals surface area contributed by atoms with Gasteiger partial charge in [-0.1, -0.05) is 5.16 Å². The number of Topliss-reactive ketones (excluding diaryl/α,β-unsaturated/α-hetero) is 1. The third-order valence-electron chi connectivity index (χ3n) is 2.20. The summed E-state index contributed by atoms with van der Waals surface area (Å²) >= 11 is 0. The van der Waals surface area contributed by atoms with E-state index in [1.807, 2.05) is 0 Å². The van der Waals surface area contributed by atoms with Crippen LogP contribution in [0, 0.1) is 5.82 Å². The number of carbonyl (C=O) groups excluding carboxylic acids is 1. The fourth-order valence-corrected chi connectivity index (χ4v) is 1.30. The molecule has 0 bridgehead atoms. The van der Waals surface area contributed by atoms with E-state index in [4.69, 9.17) is 9.26 Å². The van der Waals surface area contributed by atoms with Crippen LogP contribution in [0.25, 0.3) is 0 Å². The first-order valence-electron chi connectivity index (χ1n) is 4.99. The van der Waals surface area contributed by atoms with Crippen molar-refractivity contribution in [2.24, 2.45) is 0 Å². The van der Waals surface area contributed by atoms with Crippen molar-refractivity contribution in [1.29, 1.82) is 0 Å². The van der Waals surface area contributed by atoms with E-state index in [1.165, 1.54) is 25.3 Å². The van der Waals surface area contributed by atoms with Crippen LogP contribution in [0.15, 0.2) is 35.0 Å². The molecule has 0 aliphatic heterocycles. The Morgan fingerprint density at radius 2 is 2.29 bits per heavy atom. The number of hydrogen-bond acceptors (Lipinski definition) is 4. The Bertz CT molecular complexity index is 523. The molecule has 0 spiro atoms. The molecular formula is C12H10FNO3. The number of ketones is 1.